The Kier molecular flexibility index (Phi) is 7.76. The molecule has 1 aromatic carbocycles. The van der Waals surface area contributed by atoms with Crippen LogP contribution in [0.15, 0.2) is 29.3 Å². The predicted molar refractivity (Wildman–Crippen MR) is 108 cm³/mol. The molecule has 0 saturated carbocycles. The first kappa shape index (κ1) is 20.6. The Hall–Kier alpha value is -1.75. The minimum atomic E-state index is -0.0218. The number of guanidine groups is 1. The summed E-state index contributed by atoms with van der Waals surface area (Å²) in [6.45, 7) is 8.14. The smallest absolute Gasteiger partial charge is 0.193 e. The lowest BCUT2D eigenvalue weighted by Crippen LogP contribution is -2.44. The largest absolute Gasteiger partial charge is 0.497 e. The lowest BCUT2D eigenvalue weighted by atomic mass is 9.84. The molecule has 1 saturated heterocycles. The topological polar surface area (TPSA) is 46.1 Å². The molecular weight excluding hydrogens is 326 g/mol. The van der Waals surface area contributed by atoms with Crippen LogP contribution < -0.4 is 10.1 Å². The van der Waals surface area contributed by atoms with E-state index in [0.717, 1.165) is 43.9 Å². The van der Waals surface area contributed by atoms with Crippen molar-refractivity contribution < 1.29 is 9.47 Å². The zero-order valence-electron chi connectivity index (χ0n) is 17.0. The van der Waals surface area contributed by atoms with Gasteiger partial charge in [0.15, 0.2) is 5.96 Å². The van der Waals surface area contributed by atoms with Crippen molar-refractivity contribution in [3.63, 3.8) is 0 Å². The van der Waals surface area contributed by atoms with Crippen molar-refractivity contribution in [1.82, 2.24) is 10.2 Å². The number of benzene rings is 1. The molecule has 2 rings (SSSR count). The van der Waals surface area contributed by atoms with Crippen LogP contribution in [0.4, 0.5) is 0 Å². The van der Waals surface area contributed by atoms with E-state index in [0.29, 0.717) is 0 Å². The van der Waals surface area contributed by atoms with Crippen molar-refractivity contribution in [2.75, 3.05) is 47.5 Å². The third kappa shape index (κ3) is 5.90. The SMILES string of the molecule is CN=C(NCC(C)(C)c1cccc(OC)c1)N(C)CCC1CCOCC1. The Morgan fingerprint density at radius 3 is 2.73 bits per heavy atom. The Morgan fingerprint density at radius 2 is 2.08 bits per heavy atom. The average molecular weight is 362 g/mol. The highest BCUT2D eigenvalue weighted by Gasteiger charge is 2.22. The molecule has 26 heavy (non-hydrogen) atoms. The van der Waals surface area contributed by atoms with Gasteiger partial charge in [-0.2, -0.15) is 0 Å². The van der Waals surface area contributed by atoms with E-state index in [4.69, 9.17) is 9.47 Å². The minimum Gasteiger partial charge on any atom is -0.497 e. The molecule has 5 heteroatoms. The molecule has 1 fully saturated rings. The Morgan fingerprint density at radius 1 is 1.35 bits per heavy atom. The van der Waals surface area contributed by atoms with Crippen LogP contribution in [-0.2, 0) is 10.2 Å². The highest BCUT2D eigenvalue weighted by molar-refractivity contribution is 5.79. The Balaban J connectivity index is 1.87. The van der Waals surface area contributed by atoms with E-state index in [1.165, 1.54) is 24.8 Å². The number of ether oxygens (including phenoxy) is 2. The average Bonchev–Trinajstić information content (AvgIpc) is 2.67. The van der Waals surface area contributed by atoms with Gasteiger partial charge in [0, 0.05) is 45.8 Å². The third-order valence-corrected chi connectivity index (χ3v) is 5.33. The fourth-order valence-electron chi connectivity index (χ4n) is 3.35. The van der Waals surface area contributed by atoms with E-state index < -0.39 is 0 Å². The standard InChI is InChI=1S/C21H35N3O2/c1-21(2,18-7-6-8-19(15-18)25-5)16-23-20(22-3)24(4)12-9-17-10-13-26-14-11-17/h6-8,15,17H,9-14,16H2,1-5H3,(H,22,23). The van der Waals surface area contributed by atoms with E-state index >= 15 is 0 Å². The zero-order valence-corrected chi connectivity index (χ0v) is 17.0. The number of hydrogen-bond donors (Lipinski definition) is 1. The van der Waals surface area contributed by atoms with E-state index in [2.05, 4.69) is 48.2 Å². The third-order valence-electron chi connectivity index (χ3n) is 5.33. The molecule has 1 aromatic rings. The van der Waals surface area contributed by atoms with Gasteiger partial charge in [-0.05, 0) is 42.9 Å². The van der Waals surface area contributed by atoms with Gasteiger partial charge in [0.2, 0.25) is 0 Å². The van der Waals surface area contributed by atoms with Gasteiger partial charge in [-0.15, -0.1) is 0 Å². The lowest BCUT2D eigenvalue weighted by molar-refractivity contribution is 0.0625. The molecule has 1 aliphatic heterocycles. The van der Waals surface area contributed by atoms with Gasteiger partial charge in [-0.25, -0.2) is 0 Å². The van der Waals surface area contributed by atoms with Crippen LogP contribution in [0.3, 0.4) is 0 Å². The normalized spacial score (nSPS) is 16.4. The molecule has 0 spiro atoms. The fourth-order valence-corrected chi connectivity index (χ4v) is 3.35. The number of methoxy groups -OCH3 is 1. The number of rotatable bonds is 7. The molecular formula is C21H35N3O2. The first-order valence-corrected chi connectivity index (χ1v) is 9.60. The highest BCUT2D eigenvalue weighted by Crippen LogP contribution is 2.26. The zero-order chi connectivity index (χ0) is 19.0. The van der Waals surface area contributed by atoms with Gasteiger partial charge in [0.25, 0.3) is 0 Å². The highest BCUT2D eigenvalue weighted by atomic mass is 16.5. The number of nitrogens with one attached hydrogen (secondary N) is 1. The van der Waals surface area contributed by atoms with Crippen LogP contribution in [0, 0.1) is 5.92 Å². The van der Waals surface area contributed by atoms with E-state index in [1.807, 2.05) is 19.2 Å². The van der Waals surface area contributed by atoms with Crippen LogP contribution in [-0.4, -0.2) is 58.4 Å². The maximum Gasteiger partial charge on any atom is 0.193 e. The van der Waals surface area contributed by atoms with Crippen molar-refractivity contribution in [1.29, 1.82) is 0 Å². The summed E-state index contributed by atoms with van der Waals surface area (Å²) in [6, 6.07) is 8.29. The summed E-state index contributed by atoms with van der Waals surface area (Å²) in [5, 5.41) is 3.54. The van der Waals surface area contributed by atoms with Crippen LogP contribution in [0.5, 0.6) is 5.75 Å². The summed E-state index contributed by atoms with van der Waals surface area (Å²) >= 11 is 0. The molecule has 146 valence electrons. The second-order valence-corrected chi connectivity index (χ2v) is 7.78. The van der Waals surface area contributed by atoms with E-state index in [9.17, 15) is 0 Å². The van der Waals surface area contributed by atoms with Crippen LogP contribution in [0.1, 0.15) is 38.7 Å². The van der Waals surface area contributed by atoms with Crippen molar-refractivity contribution >= 4 is 5.96 Å². The van der Waals surface area contributed by atoms with Gasteiger partial charge in [0.1, 0.15) is 5.75 Å². The van der Waals surface area contributed by atoms with Gasteiger partial charge in [-0.3, -0.25) is 4.99 Å². The first-order chi connectivity index (χ1) is 12.5. The van der Waals surface area contributed by atoms with Crippen LogP contribution in [0.25, 0.3) is 0 Å². The quantitative estimate of drug-likeness (QED) is 0.598. The molecule has 0 amide bonds. The summed E-state index contributed by atoms with van der Waals surface area (Å²) in [5.41, 5.74) is 1.23. The van der Waals surface area contributed by atoms with Crippen LogP contribution >= 0.6 is 0 Å². The molecule has 0 aromatic heterocycles. The second kappa shape index (κ2) is 9.81. The molecule has 0 unspecified atom stereocenters. The molecule has 5 nitrogen and oxygen atoms in total. The van der Waals surface area contributed by atoms with Gasteiger partial charge >= 0.3 is 0 Å². The lowest BCUT2D eigenvalue weighted by Gasteiger charge is -2.30. The Bertz CT molecular complexity index is 580. The summed E-state index contributed by atoms with van der Waals surface area (Å²) in [6.07, 6.45) is 3.56. The number of hydrogen-bond acceptors (Lipinski definition) is 3. The van der Waals surface area contributed by atoms with Crippen molar-refractivity contribution in [2.45, 2.75) is 38.5 Å². The number of nitrogens with zero attached hydrogens (tertiary/aromatic N) is 2. The van der Waals surface area contributed by atoms with E-state index in [1.54, 1.807) is 7.11 Å². The molecule has 1 N–H and O–H groups in total. The second-order valence-electron chi connectivity index (χ2n) is 7.78. The Labute approximate surface area is 158 Å². The van der Waals surface area contributed by atoms with Crippen molar-refractivity contribution in [3.05, 3.63) is 29.8 Å². The summed E-state index contributed by atoms with van der Waals surface area (Å²) in [5.74, 6) is 2.62. The van der Waals surface area contributed by atoms with Crippen molar-refractivity contribution in [2.24, 2.45) is 10.9 Å². The maximum absolute atomic E-state index is 5.45. The molecule has 0 radical (unpaired) electrons. The van der Waals surface area contributed by atoms with Crippen LogP contribution in [0.2, 0.25) is 0 Å². The molecule has 1 heterocycles. The van der Waals surface area contributed by atoms with Gasteiger partial charge in [-0.1, -0.05) is 26.0 Å². The molecule has 0 bridgehead atoms. The minimum absolute atomic E-state index is 0.0218. The summed E-state index contributed by atoms with van der Waals surface area (Å²) in [7, 11) is 5.68. The molecule has 1 aliphatic rings. The summed E-state index contributed by atoms with van der Waals surface area (Å²) in [4.78, 5) is 6.70. The van der Waals surface area contributed by atoms with E-state index in [-0.39, 0.29) is 5.41 Å². The predicted octanol–water partition coefficient (Wildman–Crippen LogP) is 3.30. The fraction of sp³-hybridized carbons (Fsp3) is 0.667. The molecule has 0 aliphatic carbocycles. The van der Waals surface area contributed by atoms with Gasteiger partial charge < -0.3 is 19.7 Å². The maximum atomic E-state index is 5.45. The first-order valence-electron chi connectivity index (χ1n) is 9.60. The summed E-state index contributed by atoms with van der Waals surface area (Å²) < 4.78 is 10.8. The van der Waals surface area contributed by atoms with Gasteiger partial charge in [0.05, 0.1) is 7.11 Å². The van der Waals surface area contributed by atoms with Crippen molar-refractivity contribution in [3.8, 4) is 5.75 Å². The monoisotopic (exact) mass is 361 g/mol. The molecule has 0 atom stereocenters. The number of aliphatic imine (C=N–C) groups is 1.